The molecule has 1 amide bonds. The number of rotatable bonds is 5. The summed E-state index contributed by atoms with van der Waals surface area (Å²) in [7, 11) is 0. The molecule has 1 N–H and O–H groups in total. The van der Waals surface area contributed by atoms with E-state index in [9.17, 15) is 20.0 Å². The number of thiocarbonyl (C=S) groups is 1. The third-order valence-electron chi connectivity index (χ3n) is 3.64. The molecule has 1 heterocycles. The van der Waals surface area contributed by atoms with Crippen LogP contribution in [0.3, 0.4) is 0 Å². The molecule has 0 radical (unpaired) electrons. The van der Waals surface area contributed by atoms with Crippen molar-refractivity contribution in [3.8, 4) is 5.75 Å². The first-order chi connectivity index (χ1) is 13.5. The number of carbonyl (C=O) groups is 1. The lowest BCUT2D eigenvalue weighted by Gasteiger charge is -2.06. The number of benzene rings is 2. The van der Waals surface area contributed by atoms with Crippen molar-refractivity contribution in [2.75, 3.05) is 0 Å². The predicted molar refractivity (Wildman–Crippen MR) is 113 cm³/mol. The van der Waals surface area contributed by atoms with E-state index < -0.39 is 10.8 Å². The summed E-state index contributed by atoms with van der Waals surface area (Å²) in [6, 6.07) is 13.1. The molecule has 0 spiro atoms. The number of hydrogen-bond donors (Lipinski definition) is 1. The molecular weight excluding hydrogens is 398 g/mol. The van der Waals surface area contributed by atoms with Gasteiger partial charge in [0.15, 0.2) is 4.32 Å². The van der Waals surface area contributed by atoms with Gasteiger partial charge in [0.25, 0.3) is 11.6 Å². The number of non-ortho nitro benzene ring substituents is 1. The van der Waals surface area contributed by atoms with Gasteiger partial charge in [0.05, 0.1) is 16.0 Å². The Bertz CT molecular complexity index is 1030. The lowest BCUT2D eigenvalue weighted by molar-refractivity contribution is -0.384. The van der Waals surface area contributed by atoms with Crippen molar-refractivity contribution in [1.29, 1.82) is 0 Å². The fourth-order valence-corrected chi connectivity index (χ4v) is 3.39. The fourth-order valence-electron chi connectivity index (χ4n) is 2.26. The maximum Gasteiger partial charge on any atom is 0.286 e. The van der Waals surface area contributed by atoms with Gasteiger partial charge >= 0.3 is 0 Å². The van der Waals surface area contributed by atoms with Gasteiger partial charge in [-0.2, -0.15) is 10.1 Å². The number of allylic oxidation sites excluding steroid dienone is 2. The minimum Gasteiger partial charge on any atom is -0.507 e. The fraction of sp³-hybridized carbons (Fsp3) is 0. The Hall–Kier alpha value is -3.30. The van der Waals surface area contributed by atoms with Gasteiger partial charge < -0.3 is 5.11 Å². The van der Waals surface area contributed by atoms with Crippen LogP contribution in [0, 0.1) is 10.1 Å². The second kappa shape index (κ2) is 8.59. The van der Waals surface area contributed by atoms with Crippen LogP contribution < -0.4 is 0 Å². The smallest absolute Gasteiger partial charge is 0.286 e. The van der Waals surface area contributed by atoms with E-state index in [1.165, 1.54) is 12.1 Å². The molecule has 1 aliphatic heterocycles. The number of amides is 1. The predicted octanol–water partition coefficient (Wildman–Crippen LogP) is 4.09. The summed E-state index contributed by atoms with van der Waals surface area (Å²) in [4.78, 5) is 23.1. The lowest BCUT2D eigenvalue weighted by Crippen LogP contribution is -2.22. The first-order valence-electron chi connectivity index (χ1n) is 7.97. The summed E-state index contributed by atoms with van der Waals surface area (Å²) in [6.07, 6.45) is 6.41. The van der Waals surface area contributed by atoms with Gasteiger partial charge in [-0.05, 0) is 29.9 Å². The molecule has 9 heteroatoms. The Morgan fingerprint density at radius 2 is 1.96 bits per heavy atom. The largest absolute Gasteiger partial charge is 0.507 e. The number of hydrogen-bond acceptors (Lipinski definition) is 7. The SMILES string of the molecule is O=C1C(=CC=Cc2ccccc2)SC(=S)N1N=Cc1cc([N+](=O)[O-])ccc1O. The minimum absolute atomic E-state index is 0.108. The average molecular weight is 411 g/mol. The second-order valence-corrected chi connectivity index (χ2v) is 7.21. The molecule has 0 aliphatic carbocycles. The molecule has 1 saturated heterocycles. The monoisotopic (exact) mass is 411 g/mol. The Morgan fingerprint density at radius 1 is 1.21 bits per heavy atom. The molecule has 2 aromatic carbocycles. The summed E-state index contributed by atoms with van der Waals surface area (Å²) in [5.41, 5.74) is 0.903. The maximum atomic E-state index is 12.5. The van der Waals surface area contributed by atoms with Crippen LogP contribution in [0.25, 0.3) is 6.08 Å². The van der Waals surface area contributed by atoms with E-state index in [2.05, 4.69) is 5.10 Å². The number of thioether (sulfide) groups is 1. The van der Waals surface area contributed by atoms with Crippen molar-refractivity contribution in [3.05, 3.63) is 86.8 Å². The molecular formula is C19H13N3O4S2. The van der Waals surface area contributed by atoms with E-state index in [0.29, 0.717) is 4.91 Å². The van der Waals surface area contributed by atoms with Crippen LogP contribution in [-0.2, 0) is 4.79 Å². The van der Waals surface area contributed by atoms with Crippen molar-refractivity contribution in [1.82, 2.24) is 5.01 Å². The topological polar surface area (TPSA) is 96.0 Å². The standard InChI is InChI=1S/C19H13N3O4S2/c23-16-10-9-15(22(25)26)11-14(16)12-20-21-18(24)17(28-19(21)27)8-4-7-13-5-2-1-3-6-13/h1-12,23H. The van der Waals surface area contributed by atoms with Crippen LogP contribution in [0.15, 0.2) is 70.7 Å². The van der Waals surface area contributed by atoms with E-state index in [1.54, 1.807) is 12.2 Å². The van der Waals surface area contributed by atoms with Crippen LogP contribution in [-0.4, -0.2) is 31.5 Å². The van der Waals surface area contributed by atoms with Gasteiger partial charge in [-0.1, -0.05) is 54.2 Å². The molecule has 140 valence electrons. The van der Waals surface area contributed by atoms with Crippen LogP contribution in [0.4, 0.5) is 5.69 Å². The van der Waals surface area contributed by atoms with E-state index in [1.807, 2.05) is 36.4 Å². The Balaban J connectivity index is 1.76. The number of nitrogens with zero attached hydrogens (tertiary/aromatic N) is 3. The normalized spacial score (nSPS) is 16.0. The lowest BCUT2D eigenvalue weighted by atomic mass is 10.2. The van der Waals surface area contributed by atoms with E-state index in [4.69, 9.17) is 12.2 Å². The highest BCUT2D eigenvalue weighted by Crippen LogP contribution is 2.31. The van der Waals surface area contributed by atoms with Gasteiger partial charge in [0.2, 0.25) is 0 Å². The number of nitro groups is 1. The Kier molecular flexibility index (Phi) is 5.97. The minimum atomic E-state index is -0.585. The summed E-state index contributed by atoms with van der Waals surface area (Å²) in [5.74, 6) is -0.602. The molecule has 0 bridgehead atoms. The van der Waals surface area contributed by atoms with Gasteiger partial charge in [-0.25, -0.2) is 0 Å². The maximum absolute atomic E-state index is 12.5. The van der Waals surface area contributed by atoms with Crippen molar-refractivity contribution in [2.24, 2.45) is 5.10 Å². The average Bonchev–Trinajstić information content (AvgIpc) is 2.95. The summed E-state index contributed by atoms with van der Waals surface area (Å²) >= 11 is 6.27. The quantitative estimate of drug-likeness (QED) is 0.262. The molecule has 0 unspecified atom stereocenters. The highest BCUT2D eigenvalue weighted by molar-refractivity contribution is 8.26. The molecule has 0 aromatic heterocycles. The summed E-state index contributed by atoms with van der Waals surface area (Å²) in [6.45, 7) is 0. The molecule has 1 aliphatic rings. The molecule has 3 rings (SSSR count). The third kappa shape index (κ3) is 4.51. The second-order valence-electron chi connectivity index (χ2n) is 5.53. The zero-order valence-electron chi connectivity index (χ0n) is 14.3. The van der Waals surface area contributed by atoms with E-state index in [-0.39, 0.29) is 21.3 Å². The van der Waals surface area contributed by atoms with Gasteiger partial charge in [0.1, 0.15) is 5.75 Å². The zero-order valence-corrected chi connectivity index (χ0v) is 15.9. The number of hydrazone groups is 1. The highest BCUT2D eigenvalue weighted by Gasteiger charge is 2.31. The first-order valence-corrected chi connectivity index (χ1v) is 9.19. The van der Waals surface area contributed by atoms with E-state index in [0.717, 1.165) is 34.6 Å². The Morgan fingerprint density at radius 3 is 2.68 bits per heavy atom. The van der Waals surface area contributed by atoms with E-state index >= 15 is 0 Å². The van der Waals surface area contributed by atoms with Crippen molar-refractivity contribution < 1.29 is 14.8 Å². The number of phenolic OH excluding ortho intramolecular Hbond substituents is 1. The molecule has 2 aromatic rings. The number of aromatic hydroxyl groups is 1. The first kappa shape index (κ1) is 19.5. The van der Waals surface area contributed by atoms with Crippen LogP contribution in [0.2, 0.25) is 0 Å². The molecule has 28 heavy (non-hydrogen) atoms. The molecule has 7 nitrogen and oxygen atoms in total. The Labute approximate surface area is 169 Å². The number of nitro benzene ring substituents is 1. The van der Waals surface area contributed by atoms with Crippen molar-refractivity contribution >= 4 is 52.2 Å². The molecule has 1 fully saturated rings. The summed E-state index contributed by atoms with van der Waals surface area (Å²) < 4.78 is 0.227. The van der Waals surface area contributed by atoms with Gasteiger partial charge in [-0.15, -0.1) is 0 Å². The number of phenols is 1. The third-order valence-corrected chi connectivity index (χ3v) is 4.94. The highest BCUT2D eigenvalue weighted by atomic mass is 32.2. The van der Waals surface area contributed by atoms with Crippen molar-refractivity contribution in [2.45, 2.75) is 0 Å². The van der Waals surface area contributed by atoms with Crippen LogP contribution in [0.5, 0.6) is 5.75 Å². The van der Waals surface area contributed by atoms with Crippen molar-refractivity contribution in [3.63, 3.8) is 0 Å². The number of carbonyl (C=O) groups excluding carboxylic acids is 1. The zero-order chi connectivity index (χ0) is 20.1. The van der Waals surface area contributed by atoms with Crippen LogP contribution >= 0.6 is 24.0 Å². The van der Waals surface area contributed by atoms with Crippen LogP contribution in [0.1, 0.15) is 11.1 Å². The van der Waals surface area contributed by atoms with Gasteiger partial charge in [-0.3, -0.25) is 14.9 Å². The molecule has 0 saturated carbocycles. The summed E-state index contributed by atoms with van der Waals surface area (Å²) in [5, 5.41) is 25.7. The molecule has 0 atom stereocenters. The van der Waals surface area contributed by atoms with Gasteiger partial charge in [0, 0.05) is 17.7 Å².